The Hall–Kier alpha value is -3.59. The Morgan fingerprint density at radius 3 is 2.48 bits per heavy atom. The smallest absolute Gasteiger partial charge is 0.352 e. The van der Waals surface area contributed by atoms with Crippen LogP contribution in [0.4, 0.5) is 4.39 Å². The Kier molecular flexibility index (Phi) is 7.09. The van der Waals surface area contributed by atoms with Gasteiger partial charge in [0.15, 0.2) is 0 Å². The molecule has 0 saturated heterocycles. The van der Waals surface area contributed by atoms with Gasteiger partial charge in [0.25, 0.3) is 11.5 Å². The van der Waals surface area contributed by atoms with Crippen LogP contribution in [0.2, 0.25) is 0 Å². The van der Waals surface area contributed by atoms with Gasteiger partial charge in [0, 0.05) is 20.3 Å². The molecule has 0 aliphatic carbocycles. The summed E-state index contributed by atoms with van der Waals surface area (Å²) in [5.74, 6) is -1.46. The number of carbonyl (C=O) groups is 1. The maximum Gasteiger partial charge on any atom is 0.352 e. The molecule has 1 N–H and O–H groups in total. The van der Waals surface area contributed by atoms with Crippen molar-refractivity contribution < 1.29 is 13.9 Å². The molecule has 0 aliphatic rings. The van der Waals surface area contributed by atoms with E-state index < -0.39 is 34.7 Å². The molecule has 9 heteroatoms. The molecule has 0 unspecified atom stereocenters. The minimum atomic E-state index is -0.849. The van der Waals surface area contributed by atoms with E-state index in [1.807, 2.05) is 6.07 Å². The quantitative estimate of drug-likeness (QED) is 0.555. The van der Waals surface area contributed by atoms with Crippen LogP contribution in [0, 0.1) is 5.82 Å². The van der Waals surface area contributed by atoms with Gasteiger partial charge in [-0.15, -0.1) is 0 Å². The van der Waals surface area contributed by atoms with E-state index in [0.29, 0.717) is 18.6 Å². The van der Waals surface area contributed by atoms with Gasteiger partial charge < -0.3 is 10.1 Å². The molecule has 31 heavy (non-hydrogen) atoms. The highest BCUT2D eigenvalue weighted by Crippen LogP contribution is 2.15. The van der Waals surface area contributed by atoms with E-state index in [2.05, 4.69) is 10.4 Å². The summed E-state index contributed by atoms with van der Waals surface area (Å²) in [6, 6.07) is 13.7. The van der Waals surface area contributed by atoms with Gasteiger partial charge in [-0.1, -0.05) is 42.5 Å². The molecule has 3 aromatic rings. The van der Waals surface area contributed by atoms with Crippen LogP contribution in [-0.2, 0) is 4.74 Å². The summed E-state index contributed by atoms with van der Waals surface area (Å²) in [5.41, 5.74) is -1.67. The second-order valence-corrected chi connectivity index (χ2v) is 6.86. The average Bonchev–Trinajstić information content (AvgIpc) is 2.78. The zero-order valence-electron chi connectivity index (χ0n) is 17.2. The maximum absolute atomic E-state index is 14.4. The molecule has 8 nitrogen and oxygen atoms in total. The number of rotatable bonds is 8. The highest BCUT2D eigenvalue weighted by atomic mass is 19.1. The first-order chi connectivity index (χ1) is 15.0. The van der Waals surface area contributed by atoms with Crippen LogP contribution in [0.15, 0.2) is 64.2 Å². The largest absolute Gasteiger partial charge is 0.385 e. The fourth-order valence-electron chi connectivity index (χ4n) is 3.14. The number of hydrogen-bond acceptors (Lipinski definition) is 5. The number of nitrogens with one attached hydrogen (secondary N) is 1. The highest BCUT2D eigenvalue weighted by molar-refractivity contribution is 5.91. The van der Waals surface area contributed by atoms with Crippen molar-refractivity contribution in [1.29, 1.82) is 0 Å². The molecule has 0 saturated carbocycles. The average molecular weight is 426 g/mol. The zero-order valence-corrected chi connectivity index (χ0v) is 17.2. The Labute approximate surface area is 177 Å². The van der Waals surface area contributed by atoms with Gasteiger partial charge in [0.05, 0.1) is 6.04 Å². The first kappa shape index (κ1) is 22.1. The number of benzene rings is 2. The lowest BCUT2D eigenvalue weighted by atomic mass is 10.1. The molecule has 162 valence electrons. The Morgan fingerprint density at radius 1 is 1.13 bits per heavy atom. The number of halogens is 1. The van der Waals surface area contributed by atoms with Crippen LogP contribution in [0.25, 0.3) is 5.69 Å². The topological polar surface area (TPSA) is 95.2 Å². The van der Waals surface area contributed by atoms with Gasteiger partial charge >= 0.3 is 5.69 Å². The normalized spacial score (nSPS) is 11.8. The van der Waals surface area contributed by atoms with Crippen molar-refractivity contribution in [2.24, 2.45) is 0 Å². The number of methoxy groups -OCH3 is 1. The lowest BCUT2D eigenvalue weighted by molar-refractivity contribution is 0.0938. The van der Waals surface area contributed by atoms with Crippen LogP contribution in [0.1, 0.15) is 35.4 Å². The molecule has 2 aromatic carbocycles. The van der Waals surface area contributed by atoms with Crippen molar-refractivity contribution in [3.05, 3.63) is 92.5 Å². The summed E-state index contributed by atoms with van der Waals surface area (Å²) in [4.78, 5) is 39.0. The lowest BCUT2D eigenvalue weighted by Crippen LogP contribution is -2.47. The Morgan fingerprint density at radius 2 is 1.81 bits per heavy atom. The van der Waals surface area contributed by atoms with Crippen molar-refractivity contribution in [3.63, 3.8) is 0 Å². The summed E-state index contributed by atoms with van der Waals surface area (Å²) >= 11 is 0. The van der Waals surface area contributed by atoms with Crippen LogP contribution < -0.4 is 16.6 Å². The van der Waals surface area contributed by atoms with E-state index in [-0.39, 0.29) is 12.2 Å². The van der Waals surface area contributed by atoms with Crippen molar-refractivity contribution in [3.8, 4) is 5.69 Å². The fourth-order valence-corrected chi connectivity index (χ4v) is 3.14. The van der Waals surface area contributed by atoms with E-state index >= 15 is 0 Å². The first-order valence-electron chi connectivity index (χ1n) is 9.78. The van der Waals surface area contributed by atoms with Crippen LogP contribution >= 0.6 is 0 Å². The molecule has 3 rings (SSSR count). The Bertz CT molecular complexity index is 1170. The SMILES string of the molecule is COCCCNC(=O)c1nn(-c2ccccc2F)c(=O)n([C@H](C)c2ccccc2)c1=O. The van der Waals surface area contributed by atoms with Gasteiger partial charge in [-0.2, -0.15) is 9.78 Å². The molecule has 0 spiro atoms. The van der Waals surface area contributed by atoms with Crippen molar-refractivity contribution >= 4 is 5.91 Å². The molecular weight excluding hydrogens is 403 g/mol. The first-order valence-corrected chi connectivity index (χ1v) is 9.78. The van der Waals surface area contributed by atoms with Gasteiger partial charge in [-0.05, 0) is 31.0 Å². The molecule has 0 radical (unpaired) electrons. The number of para-hydroxylation sites is 1. The van der Waals surface area contributed by atoms with Gasteiger partial charge in [-0.25, -0.2) is 13.8 Å². The van der Waals surface area contributed by atoms with Crippen LogP contribution in [-0.4, -0.2) is 40.5 Å². The summed E-state index contributed by atoms with van der Waals surface area (Å²) in [5, 5.41) is 6.52. The Balaban J connectivity index is 2.16. The van der Waals surface area contributed by atoms with E-state index in [1.165, 1.54) is 31.4 Å². The second kappa shape index (κ2) is 9.94. The number of amides is 1. The molecule has 0 fully saturated rings. The van der Waals surface area contributed by atoms with Crippen LogP contribution in [0.3, 0.4) is 0 Å². The third-order valence-electron chi connectivity index (χ3n) is 4.78. The number of aromatic nitrogens is 3. The number of hydrogen-bond donors (Lipinski definition) is 1. The molecule has 1 atom stereocenters. The standard InChI is InChI=1S/C22H23FN4O4/c1-15(16-9-4-3-5-10-16)26-21(29)19(20(28)24-13-8-14-31-2)25-27(22(26)30)18-12-7-6-11-17(18)23/h3-7,9-12,15H,8,13-14H2,1-2H3,(H,24,28)/t15-/m1/s1. The predicted molar refractivity (Wildman–Crippen MR) is 113 cm³/mol. The molecule has 1 aromatic heterocycles. The summed E-state index contributed by atoms with van der Waals surface area (Å²) in [6.45, 7) is 2.34. The highest BCUT2D eigenvalue weighted by Gasteiger charge is 2.24. The monoisotopic (exact) mass is 426 g/mol. The molecule has 1 heterocycles. The van der Waals surface area contributed by atoms with Crippen molar-refractivity contribution in [2.45, 2.75) is 19.4 Å². The van der Waals surface area contributed by atoms with E-state index in [1.54, 1.807) is 31.2 Å². The van der Waals surface area contributed by atoms with Crippen molar-refractivity contribution in [1.82, 2.24) is 19.7 Å². The third kappa shape index (κ3) is 4.77. The lowest BCUT2D eigenvalue weighted by Gasteiger charge is -2.18. The fraction of sp³-hybridized carbons (Fsp3) is 0.273. The number of ether oxygens (including phenoxy) is 1. The van der Waals surface area contributed by atoms with Crippen LogP contribution in [0.5, 0.6) is 0 Å². The molecule has 0 aliphatic heterocycles. The van der Waals surface area contributed by atoms with Crippen molar-refractivity contribution in [2.75, 3.05) is 20.3 Å². The molecule has 0 bridgehead atoms. The summed E-state index contributed by atoms with van der Waals surface area (Å²) < 4.78 is 21.0. The number of nitrogens with zero attached hydrogens (tertiary/aromatic N) is 3. The number of carbonyl (C=O) groups excluding carboxylic acids is 1. The van der Waals surface area contributed by atoms with Gasteiger partial charge in [0.2, 0.25) is 5.69 Å². The molecule has 1 amide bonds. The third-order valence-corrected chi connectivity index (χ3v) is 4.78. The minimum Gasteiger partial charge on any atom is -0.385 e. The van der Waals surface area contributed by atoms with Gasteiger partial charge in [-0.3, -0.25) is 9.59 Å². The van der Waals surface area contributed by atoms with E-state index in [0.717, 1.165) is 9.25 Å². The van der Waals surface area contributed by atoms with Gasteiger partial charge in [0.1, 0.15) is 11.5 Å². The minimum absolute atomic E-state index is 0.157. The van der Waals surface area contributed by atoms with E-state index in [4.69, 9.17) is 4.74 Å². The molecular formula is C22H23FN4O4. The van der Waals surface area contributed by atoms with E-state index in [9.17, 15) is 18.8 Å². The summed E-state index contributed by atoms with van der Waals surface area (Å²) in [7, 11) is 1.54. The predicted octanol–water partition coefficient (Wildman–Crippen LogP) is 1.91. The second-order valence-electron chi connectivity index (χ2n) is 6.86. The maximum atomic E-state index is 14.4. The zero-order chi connectivity index (χ0) is 22.4. The summed E-state index contributed by atoms with van der Waals surface area (Å²) in [6.07, 6.45) is 0.532.